The van der Waals surface area contributed by atoms with E-state index in [-0.39, 0.29) is 5.54 Å². The highest BCUT2D eigenvalue weighted by atomic mass is 15.1. The minimum Gasteiger partial charge on any atom is -0.303 e. The quantitative estimate of drug-likeness (QED) is 0.630. The molecule has 2 saturated carbocycles. The van der Waals surface area contributed by atoms with Crippen LogP contribution in [0.25, 0.3) is 0 Å². The van der Waals surface area contributed by atoms with Crippen LogP contribution in [-0.2, 0) is 0 Å². The van der Waals surface area contributed by atoms with Crippen LogP contribution in [0, 0.1) is 23.2 Å². The van der Waals surface area contributed by atoms with Gasteiger partial charge in [-0.15, -0.1) is 0 Å². The molecule has 0 bridgehead atoms. The summed E-state index contributed by atoms with van der Waals surface area (Å²) in [6.07, 6.45) is 8.96. The fourth-order valence-electron chi connectivity index (χ4n) is 2.83. The van der Waals surface area contributed by atoms with Crippen molar-refractivity contribution in [3.8, 4) is 6.07 Å². The second kappa shape index (κ2) is 7.43. The van der Waals surface area contributed by atoms with Crippen LogP contribution in [0.15, 0.2) is 0 Å². The molecule has 0 aromatic rings. The molecule has 2 aliphatic carbocycles. The van der Waals surface area contributed by atoms with Crippen molar-refractivity contribution < 1.29 is 0 Å². The largest absolute Gasteiger partial charge is 0.303 e. The first-order chi connectivity index (χ1) is 9.65. The van der Waals surface area contributed by atoms with Crippen molar-refractivity contribution in [1.29, 1.82) is 5.26 Å². The van der Waals surface area contributed by atoms with Crippen molar-refractivity contribution in [3.05, 3.63) is 0 Å². The Hall–Kier alpha value is -0.590. The zero-order chi connectivity index (χ0) is 14.4. The zero-order valence-electron chi connectivity index (χ0n) is 13.3. The van der Waals surface area contributed by atoms with Gasteiger partial charge in [0.15, 0.2) is 0 Å². The third-order valence-corrected chi connectivity index (χ3v) is 4.59. The highest BCUT2D eigenvalue weighted by molar-refractivity contribution is 5.03. The second-order valence-electron chi connectivity index (χ2n) is 7.12. The van der Waals surface area contributed by atoms with Gasteiger partial charge in [-0.2, -0.15) is 5.26 Å². The molecule has 1 atom stereocenters. The molecule has 2 rings (SSSR count). The summed E-state index contributed by atoms with van der Waals surface area (Å²) in [4.78, 5) is 2.67. The molecule has 0 spiro atoms. The Labute approximate surface area is 124 Å². The minimum absolute atomic E-state index is 0.332. The predicted octanol–water partition coefficient (Wildman–Crippen LogP) is 3.17. The van der Waals surface area contributed by atoms with Crippen LogP contribution in [-0.4, -0.2) is 36.6 Å². The van der Waals surface area contributed by atoms with Crippen LogP contribution >= 0.6 is 0 Å². The van der Waals surface area contributed by atoms with Gasteiger partial charge >= 0.3 is 0 Å². The summed E-state index contributed by atoms with van der Waals surface area (Å²) in [5.74, 6) is 1.96. The number of rotatable bonds is 11. The number of hydrogen-bond donors (Lipinski definition) is 1. The normalized spacial score (nSPS) is 21.7. The van der Waals surface area contributed by atoms with Crippen LogP contribution in [0.4, 0.5) is 0 Å². The molecule has 0 aromatic carbocycles. The lowest BCUT2D eigenvalue weighted by molar-refractivity contribution is 0.239. The summed E-state index contributed by atoms with van der Waals surface area (Å²) in [6.45, 7) is 8.94. The first kappa shape index (κ1) is 15.8. The molecule has 2 fully saturated rings. The third kappa shape index (κ3) is 5.81. The molecule has 3 nitrogen and oxygen atoms in total. The first-order valence-corrected chi connectivity index (χ1v) is 8.54. The van der Waals surface area contributed by atoms with Crippen molar-refractivity contribution in [2.45, 2.75) is 64.3 Å². The van der Waals surface area contributed by atoms with E-state index in [1.54, 1.807) is 0 Å². The van der Waals surface area contributed by atoms with E-state index in [1.807, 2.05) is 0 Å². The van der Waals surface area contributed by atoms with E-state index in [4.69, 9.17) is 0 Å². The number of nitrogens with one attached hydrogen (secondary N) is 1. The summed E-state index contributed by atoms with van der Waals surface area (Å²) < 4.78 is 0. The van der Waals surface area contributed by atoms with Gasteiger partial charge in [-0.05, 0) is 76.8 Å². The maximum absolute atomic E-state index is 9.36. The van der Waals surface area contributed by atoms with Gasteiger partial charge in [0.2, 0.25) is 0 Å². The molecule has 114 valence electrons. The standard InChI is InChI=1S/C17H31N3/c1-3-10-19-17(2,14-18)9-4-11-20(12-15-5-6-15)13-16-7-8-16/h15-16,19H,3-13H2,1-2H3. The van der Waals surface area contributed by atoms with Crippen LogP contribution < -0.4 is 5.32 Å². The van der Waals surface area contributed by atoms with Crippen molar-refractivity contribution in [1.82, 2.24) is 10.2 Å². The van der Waals surface area contributed by atoms with E-state index in [0.29, 0.717) is 0 Å². The van der Waals surface area contributed by atoms with E-state index >= 15 is 0 Å². The third-order valence-electron chi connectivity index (χ3n) is 4.59. The Morgan fingerprint density at radius 1 is 1.20 bits per heavy atom. The molecular weight excluding hydrogens is 246 g/mol. The molecule has 0 amide bonds. The Morgan fingerprint density at radius 2 is 1.80 bits per heavy atom. The maximum atomic E-state index is 9.36. The van der Waals surface area contributed by atoms with Gasteiger partial charge in [0.05, 0.1) is 6.07 Å². The lowest BCUT2D eigenvalue weighted by Gasteiger charge is -2.26. The van der Waals surface area contributed by atoms with Crippen molar-refractivity contribution in [2.75, 3.05) is 26.2 Å². The molecule has 0 aromatic heterocycles. The fraction of sp³-hybridized carbons (Fsp3) is 0.941. The van der Waals surface area contributed by atoms with Crippen molar-refractivity contribution in [2.24, 2.45) is 11.8 Å². The Bertz CT molecular complexity index is 314. The summed E-state index contributed by atoms with van der Waals surface area (Å²) >= 11 is 0. The molecule has 3 heteroatoms. The average molecular weight is 277 g/mol. The summed E-state index contributed by atoms with van der Waals surface area (Å²) in [7, 11) is 0. The Kier molecular flexibility index (Phi) is 5.86. The summed E-state index contributed by atoms with van der Waals surface area (Å²) in [5.41, 5.74) is -0.332. The van der Waals surface area contributed by atoms with E-state index in [1.165, 1.54) is 45.3 Å². The monoisotopic (exact) mass is 277 g/mol. The SMILES string of the molecule is CCCNC(C)(C#N)CCCN(CC1CC1)CC1CC1. The van der Waals surface area contributed by atoms with E-state index in [2.05, 4.69) is 30.1 Å². The van der Waals surface area contributed by atoms with Crippen LogP contribution in [0.3, 0.4) is 0 Å². The summed E-state index contributed by atoms with van der Waals surface area (Å²) in [5, 5.41) is 12.8. The van der Waals surface area contributed by atoms with Gasteiger partial charge in [-0.25, -0.2) is 0 Å². The van der Waals surface area contributed by atoms with Crippen LogP contribution in [0.2, 0.25) is 0 Å². The van der Waals surface area contributed by atoms with Crippen LogP contribution in [0.1, 0.15) is 58.8 Å². The topological polar surface area (TPSA) is 39.1 Å². The fourth-order valence-corrected chi connectivity index (χ4v) is 2.83. The van der Waals surface area contributed by atoms with Crippen molar-refractivity contribution >= 4 is 0 Å². The molecule has 0 aliphatic heterocycles. The van der Waals surface area contributed by atoms with Gasteiger partial charge in [-0.1, -0.05) is 6.92 Å². The Morgan fingerprint density at radius 3 is 2.25 bits per heavy atom. The molecular formula is C17H31N3. The van der Waals surface area contributed by atoms with E-state index in [0.717, 1.165) is 37.6 Å². The zero-order valence-corrected chi connectivity index (χ0v) is 13.3. The molecule has 2 aliphatic rings. The predicted molar refractivity (Wildman–Crippen MR) is 83.4 cm³/mol. The molecule has 0 heterocycles. The highest BCUT2D eigenvalue weighted by Crippen LogP contribution is 2.33. The smallest absolute Gasteiger partial charge is 0.103 e. The van der Waals surface area contributed by atoms with Gasteiger partial charge in [0.25, 0.3) is 0 Å². The molecule has 0 radical (unpaired) electrons. The second-order valence-corrected chi connectivity index (χ2v) is 7.12. The average Bonchev–Trinajstić information content (AvgIpc) is 3.32. The number of hydrogen-bond acceptors (Lipinski definition) is 3. The van der Waals surface area contributed by atoms with Crippen molar-refractivity contribution in [3.63, 3.8) is 0 Å². The lowest BCUT2D eigenvalue weighted by Crippen LogP contribution is -2.42. The van der Waals surface area contributed by atoms with E-state index in [9.17, 15) is 5.26 Å². The first-order valence-electron chi connectivity index (χ1n) is 8.54. The Balaban J connectivity index is 1.68. The maximum Gasteiger partial charge on any atom is 0.103 e. The van der Waals surface area contributed by atoms with Gasteiger partial charge < -0.3 is 4.90 Å². The van der Waals surface area contributed by atoms with Gasteiger partial charge in [0, 0.05) is 13.1 Å². The van der Waals surface area contributed by atoms with Crippen LogP contribution in [0.5, 0.6) is 0 Å². The number of nitriles is 1. The number of nitrogens with zero attached hydrogens (tertiary/aromatic N) is 2. The summed E-state index contributed by atoms with van der Waals surface area (Å²) in [6, 6.07) is 2.46. The lowest BCUT2D eigenvalue weighted by atomic mass is 9.97. The highest BCUT2D eigenvalue weighted by Gasteiger charge is 2.29. The molecule has 0 saturated heterocycles. The van der Waals surface area contributed by atoms with Gasteiger partial charge in [-0.3, -0.25) is 5.32 Å². The van der Waals surface area contributed by atoms with E-state index < -0.39 is 0 Å². The van der Waals surface area contributed by atoms with Gasteiger partial charge in [0.1, 0.15) is 5.54 Å². The molecule has 20 heavy (non-hydrogen) atoms. The minimum atomic E-state index is -0.332. The molecule has 1 unspecified atom stereocenters. The molecule has 1 N–H and O–H groups in total.